The number of hydrogen-bond acceptors (Lipinski definition) is 3. The van der Waals surface area contributed by atoms with Crippen LogP contribution in [0.5, 0.6) is 0 Å². The zero-order valence-corrected chi connectivity index (χ0v) is 9.82. The first-order valence-electron chi connectivity index (χ1n) is 6.24. The maximum Gasteiger partial charge on any atom is 0.307 e. The van der Waals surface area contributed by atoms with Gasteiger partial charge >= 0.3 is 5.97 Å². The third kappa shape index (κ3) is 2.60. The summed E-state index contributed by atoms with van der Waals surface area (Å²) >= 11 is 0. The highest BCUT2D eigenvalue weighted by Gasteiger charge is 2.50. The molecule has 0 unspecified atom stereocenters. The molecule has 2 atom stereocenters. The Kier molecular flexibility index (Phi) is 3.38. The maximum absolute atomic E-state index is 11.9. The minimum atomic E-state index is -0.896. The van der Waals surface area contributed by atoms with Gasteiger partial charge in [0.05, 0.1) is 24.0 Å². The van der Waals surface area contributed by atoms with Crippen LogP contribution in [0.4, 0.5) is 0 Å². The number of amides is 1. The van der Waals surface area contributed by atoms with E-state index >= 15 is 0 Å². The molecule has 17 heavy (non-hydrogen) atoms. The minimum absolute atomic E-state index is 0.0524. The number of carboxylic acid groups (broad SMARTS) is 1. The van der Waals surface area contributed by atoms with Gasteiger partial charge in [0.1, 0.15) is 0 Å². The van der Waals surface area contributed by atoms with Crippen molar-refractivity contribution in [1.82, 2.24) is 5.32 Å². The van der Waals surface area contributed by atoms with E-state index in [0.29, 0.717) is 6.42 Å². The van der Waals surface area contributed by atoms with E-state index < -0.39 is 23.3 Å². The topological polar surface area (TPSA) is 86.6 Å². The van der Waals surface area contributed by atoms with Crippen molar-refractivity contribution in [2.45, 2.75) is 44.1 Å². The van der Waals surface area contributed by atoms with Crippen LogP contribution in [0.3, 0.4) is 0 Å². The Balaban J connectivity index is 1.91. The molecule has 0 aliphatic heterocycles. The molecule has 0 aromatic heterocycles. The number of nitrogens with one attached hydrogen (secondary N) is 1. The molecule has 2 saturated carbocycles. The van der Waals surface area contributed by atoms with Crippen molar-refractivity contribution in [3.05, 3.63) is 0 Å². The van der Waals surface area contributed by atoms with Crippen LogP contribution in [0.15, 0.2) is 0 Å². The first kappa shape index (κ1) is 12.4. The van der Waals surface area contributed by atoms with Crippen LogP contribution in [-0.2, 0) is 9.59 Å². The van der Waals surface area contributed by atoms with E-state index in [2.05, 4.69) is 5.32 Å². The lowest BCUT2D eigenvalue weighted by molar-refractivity contribution is -0.140. The second kappa shape index (κ2) is 4.64. The SMILES string of the molecule is O=C(O)[C@H]1C[C@H]1C(=O)NC1(CO)CCCCC1. The van der Waals surface area contributed by atoms with E-state index in [1.54, 1.807) is 0 Å². The summed E-state index contributed by atoms with van der Waals surface area (Å²) in [5.74, 6) is -2.01. The van der Waals surface area contributed by atoms with Crippen molar-refractivity contribution in [3.63, 3.8) is 0 Å². The molecule has 96 valence electrons. The molecule has 5 heteroatoms. The highest BCUT2D eigenvalue weighted by Crippen LogP contribution is 2.40. The van der Waals surface area contributed by atoms with Crippen molar-refractivity contribution in [2.24, 2.45) is 11.8 Å². The molecule has 1 amide bonds. The predicted molar refractivity (Wildman–Crippen MR) is 60.3 cm³/mol. The van der Waals surface area contributed by atoms with Crippen molar-refractivity contribution < 1.29 is 19.8 Å². The number of carbonyl (C=O) groups excluding carboxylic acids is 1. The molecule has 3 N–H and O–H groups in total. The fraction of sp³-hybridized carbons (Fsp3) is 0.833. The summed E-state index contributed by atoms with van der Waals surface area (Å²) in [6, 6.07) is 0. The molecule has 0 aromatic rings. The number of aliphatic hydroxyl groups is 1. The molecular formula is C12H19NO4. The van der Waals surface area contributed by atoms with Gasteiger partial charge in [0.2, 0.25) is 5.91 Å². The lowest BCUT2D eigenvalue weighted by Gasteiger charge is -2.36. The van der Waals surface area contributed by atoms with Gasteiger partial charge in [0.15, 0.2) is 0 Å². The van der Waals surface area contributed by atoms with E-state index in [1.165, 1.54) is 0 Å². The second-order valence-corrected chi connectivity index (χ2v) is 5.28. The molecule has 0 saturated heterocycles. The van der Waals surface area contributed by atoms with E-state index in [0.717, 1.165) is 32.1 Å². The van der Waals surface area contributed by atoms with Crippen LogP contribution in [0.2, 0.25) is 0 Å². The Morgan fingerprint density at radius 2 is 1.82 bits per heavy atom. The van der Waals surface area contributed by atoms with Crippen molar-refractivity contribution in [3.8, 4) is 0 Å². The standard InChI is InChI=1S/C12H19NO4/c14-7-12(4-2-1-3-5-12)13-10(15)8-6-9(8)11(16)17/h8-9,14H,1-7H2,(H,13,15)(H,16,17)/t8-,9+/m1/s1. The van der Waals surface area contributed by atoms with Gasteiger partial charge in [0, 0.05) is 0 Å². The maximum atomic E-state index is 11.9. The Morgan fingerprint density at radius 3 is 2.29 bits per heavy atom. The molecular weight excluding hydrogens is 222 g/mol. The first-order valence-corrected chi connectivity index (χ1v) is 6.24. The summed E-state index contributed by atoms with van der Waals surface area (Å²) in [7, 11) is 0. The predicted octanol–water partition coefficient (Wildman–Crippen LogP) is 0.518. The average molecular weight is 241 g/mol. The molecule has 2 fully saturated rings. The van der Waals surface area contributed by atoms with Gasteiger partial charge in [-0.1, -0.05) is 19.3 Å². The highest BCUT2D eigenvalue weighted by molar-refractivity contribution is 5.89. The van der Waals surface area contributed by atoms with Gasteiger partial charge in [-0.05, 0) is 19.3 Å². The number of aliphatic hydroxyl groups excluding tert-OH is 1. The second-order valence-electron chi connectivity index (χ2n) is 5.28. The summed E-state index contributed by atoms with van der Waals surface area (Å²) in [6.45, 7) is -0.0524. The molecule has 0 radical (unpaired) electrons. The van der Waals surface area contributed by atoms with Gasteiger partial charge in [-0.25, -0.2) is 0 Å². The Morgan fingerprint density at radius 1 is 1.18 bits per heavy atom. The number of rotatable bonds is 4. The van der Waals surface area contributed by atoms with Gasteiger partial charge in [-0.2, -0.15) is 0 Å². The van der Waals surface area contributed by atoms with E-state index in [4.69, 9.17) is 5.11 Å². The third-order valence-electron chi connectivity index (χ3n) is 3.95. The van der Waals surface area contributed by atoms with Crippen LogP contribution in [0.25, 0.3) is 0 Å². The zero-order valence-electron chi connectivity index (χ0n) is 9.82. The van der Waals surface area contributed by atoms with Crippen LogP contribution in [0.1, 0.15) is 38.5 Å². The number of aliphatic carboxylic acids is 1. The van der Waals surface area contributed by atoms with E-state index in [9.17, 15) is 14.7 Å². The monoisotopic (exact) mass is 241 g/mol. The fourth-order valence-corrected chi connectivity index (χ4v) is 2.66. The van der Waals surface area contributed by atoms with Crippen LogP contribution in [0, 0.1) is 11.8 Å². The summed E-state index contributed by atoms with van der Waals surface area (Å²) in [4.78, 5) is 22.6. The third-order valence-corrected chi connectivity index (χ3v) is 3.95. The van der Waals surface area contributed by atoms with Gasteiger partial charge < -0.3 is 15.5 Å². The summed E-state index contributed by atoms with van der Waals surface area (Å²) in [5.41, 5.74) is -0.499. The zero-order chi connectivity index (χ0) is 12.5. The Hall–Kier alpha value is -1.10. The smallest absolute Gasteiger partial charge is 0.307 e. The van der Waals surface area contributed by atoms with Crippen LogP contribution in [-0.4, -0.2) is 34.2 Å². The molecule has 2 aliphatic carbocycles. The lowest BCUT2D eigenvalue weighted by atomic mass is 9.82. The van der Waals surface area contributed by atoms with Crippen molar-refractivity contribution in [1.29, 1.82) is 0 Å². The van der Waals surface area contributed by atoms with Crippen LogP contribution < -0.4 is 5.32 Å². The molecule has 0 spiro atoms. The fourth-order valence-electron chi connectivity index (χ4n) is 2.66. The van der Waals surface area contributed by atoms with Gasteiger partial charge in [0.25, 0.3) is 0 Å². The summed E-state index contributed by atoms with van der Waals surface area (Å²) in [6.07, 6.45) is 5.17. The molecule has 0 bridgehead atoms. The summed E-state index contributed by atoms with van der Waals surface area (Å²) in [5, 5.41) is 21.1. The van der Waals surface area contributed by atoms with Crippen molar-refractivity contribution >= 4 is 11.9 Å². The first-order chi connectivity index (χ1) is 8.08. The number of carboxylic acids is 1. The van der Waals surface area contributed by atoms with E-state index in [1.807, 2.05) is 0 Å². The normalized spacial score (nSPS) is 30.6. The number of carbonyl (C=O) groups is 2. The summed E-state index contributed by atoms with van der Waals surface area (Å²) < 4.78 is 0. The Bertz CT molecular complexity index is 322. The molecule has 0 aromatic carbocycles. The van der Waals surface area contributed by atoms with Crippen LogP contribution >= 0.6 is 0 Å². The molecule has 2 rings (SSSR count). The minimum Gasteiger partial charge on any atom is -0.481 e. The van der Waals surface area contributed by atoms with Crippen molar-refractivity contribution in [2.75, 3.05) is 6.61 Å². The molecule has 5 nitrogen and oxygen atoms in total. The Labute approximate surface area is 100 Å². The molecule has 0 heterocycles. The molecule has 2 aliphatic rings. The quantitative estimate of drug-likeness (QED) is 0.669. The van der Waals surface area contributed by atoms with Gasteiger partial charge in [-0.15, -0.1) is 0 Å². The van der Waals surface area contributed by atoms with E-state index in [-0.39, 0.29) is 12.5 Å². The largest absolute Gasteiger partial charge is 0.481 e. The highest BCUT2D eigenvalue weighted by atomic mass is 16.4. The number of hydrogen-bond donors (Lipinski definition) is 3. The lowest BCUT2D eigenvalue weighted by Crippen LogP contribution is -2.53. The average Bonchev–Trinajstić information content (AvgIpc) is 3.10. The van der Waals surface area contributed by atoms with Gasteiger partial charge in [-0.3, -0.25) is 9.59 Å².